The smallest absolute Gasteiger partial charge is 0.334 e. The zero-order chi connectivity index (χ0) is 12.3. The molecule has 0 aromatic heterocycles. The van der Waals surface area contributed by atoms with Crippen LogP contribution in [0.15, 0.2) is 0 Å². The maximum absolute atomic E-state index is 12.0. The van der Waals surface area contributed by atoms with Crippen molar-refractivity contribution in [2.75, 3.05) is 40.8 Å². The summed E-state index contributed by atoms with van der Waals surface area (Å²) in [5, 5.41) is 11.1. The third kappa shape index (κ3) is 2.84. The second-order valence-electron chi connectivity index (χ2n) is 4.33. The molecule has 2 unspecified atom stereocenters. The van der Waals surface area contributed by atoms with Gasteiger partial charge in [-0.05, 0) is 14.0 Å². The Bertz CT molecular complexity index is 247. The van der Waals surface area contributed by atoms with Gasteiger partial charge >= 0.3 is 6.03 Å². The average Bonchev–Trinajstić information content (AvgIpc) is 2.26. The minimum absolute atomic E-state index is 0.0958. The summed E-state index contributed by atoms with van der Waals surface area (Å²) in [7, 11) is 5.38. The molecule has 2 atom stereocenters. The van der Waals surface area contributed by atoms with Gasteiger partial charge in [0.1, 0.15) is 0 Å². The first-order valence-electron chi connectivity index (χ1n) is 5.55. The Morgan fingerprint density at radius 1 is 1.56 bits per heavy atom. The van der Waals surface area contributed by atoms with E-state index in [2.05, 4.69) is 10.3 Å². The summed E-state index contributed by atoms with van der Waals surface area (Å²) >= 11 is 0. The number of amides is 2. The lowest BCUT2D eigenvalue weighted by atomic mass is 10.1. The lowest BCUT2D eigenvalue weighted by molar-refractivity contribution is 0.0185. The quantitative estimate of drug-likeness (QED) is 0.608. The first kappa shape index (κ1) is 13.2. The van der Waals surface area contributed by atoms with Crippen LogP contribution in [0.2, 0.25) is 0 Å². The van der Waals surface area contributed by atoms with Crippen LogP contribution in [-0.2, 0) is 0 Å². The lowest BCUT2D eigenvalue weighted by Crippen LogP contribution is -2.61. The number of aliphatic hydroxyl groups is 1. The molecule has 2 N–H and O–H groups in total. The van der Waals surface area contributed by atoms with Gasteiger partial charge in [-0.25, -0.2) is 10.2 Å². The first-order chi connectivity index (χ1) is 7.47. The van der Waals surface area contributed by atoms with Crippen LogP contribution in [0, 0.1) is 0 Å². The fourth-order valence-corrected chi connectivity index (χ4v) is 1.89. The number of piperazine rings is 1. The Morgan fingerprint density at radius 2 is 2.19 bits per heavy atom. The monoisotopic (exact) mass is 230 g/mol. The van der Waals surface area contributed by atoms with Gasteiger partial charge in [0.15, 0.2) is 0 Å². The van der Waals surface area contributed by atoms with Gasteiger partial charge in [-0.1, -0.05) is 0 Å². The standard InChI is InChI=1S/C10H22N4O2/c1-8(15)9-7-12(3)5-6-14(9)10(16)13(4)11-2/h8-9,11,15H,5-7H2,1-4H3. The maximum atomic E-state index is 12.0. The molecule has 1 rings (SSSR count). The normalized spacial score (nSPS) is 24.3. The molecule has 0 bridgehead atoms. The van der Waals surface area contributed by atoms with E-state index in [1.54, 1.807) is 25.9 Å². The zero-order valence-corrected chi connectivity index (χ0v) is 10.5. The summed E-state index contributed by atoms with van der Waals surface area (Å²) in [5.41, 5.74) is 2.78. The van der Waals surface area contributed by atoms with E-state index in [9.17, 15) is 9.90 Å². The fourth-order valence-electron chi connectivity index (χ4n) is 1.89. The van der Waals surface area contributed by atoms with Gasteiger partial charge in [0.05, 0.1) is 12.1 Å². The molecule has 94 valence electrons. The van der Waals surface area contributed by atoms with Crippen molar-refractivity contribution in [3.8, 4) is 0 Å². The van der Waals surface area contributed by atoms with Crippen LogP contribution < -0.4 is 5.43 Å². The van der Waals surface area contributed by atoms with E-state index >= 15 is 0 Å². The zero-order valence-electron chi connectivity index (χ0n) is 10.5. The number of likely N-dealkylation sites (N-methyl/N-ethyl adjacent to an activating group) is 1. The Kier molecular flexibility index (Phi) is 4.52. The molecule has 0 spiro atoms. The van der Waals surface area contributed by atoms with Gasteiger partial charge in [0, 0.05) is 33.7 Å². The Balaban J connectivity index is 2.72. The van der Waals surface area contributed by atoms with Crippen molar-refractivity contribution in [3.05, 3.63) is 0 Å². The lowest BCUT2D eigenvalue weighted by Gasteiger charge is -2.42. The van der Waals surface area contributed by atoms with E-state index in [4.69, 9.17) is 0 Å². The van der Waals surface area contributed by atoms with E-state index in [1.165, 1.54) is 5.01 Å². The van der Waals surface area contributed by atoms with Crippen molar-refractivity contribution in [3.63, 3.8) is 0 Å². The van der Waals surface area contributed by atoms with Gasteiger partial charge in [-0.15, -0.1) is 0 Å². The Morgan fingerprint density at radius 3 is 2.69 bits per heavy atom. The number of urea groups is 1. The van der Waals surface area contributed by atoms with Crippen LogP contribution in [0.1, 0.15) is 6.92 Å². The molecule has 1 aliphatic rings. The van der Waals surface area contributed by atoms with Crippen molar-refractivity contribution in [2.45, 2.75) is 19.1 Å². The minimum Gasteiger partial charge on any atom is -0.391 e. The van der Waals surface area contributed by atoms with Crippen LogP contribution in [0.25, 0.3) is 0 Å². The van der Waals surface area contributed by atoms with Gasteiger partial charge in [-0.3, -0.25) is 5.01 Å². The molecule has 2 amide bonds. The topological polar surface area (TPSA) is 59.1 Å². The van der Waals surface area contributed by atoms with E-state index in [-0.39, 0.29) is 12.1 Å². The summed E-state index contributed by atoms with van der Waals surface area (Å²) in [5.74, 6) is 0. The second kappa shape index (κ2) is 5.47. The number of nitrogens with one attached hydrogen (secondary N) is 1. The first-order valence-corrected chi connectivity index (χ1v) is 5.55. The Hall–Kier alpha value is -0.850. The molecule has 0 aromatic carbocycles. The van der Waals surface area contributed by atoms with Crippen molar-refractivity contribution in [1.82, 2.24) is 20.2 Å². The number of carbonyl (C=O) groups is 1. The third-order valence-corrected chi connectivity index (χ3v) is 3.05. The van der Waals surface area contributed by atoms with Crippen LogP contribution in [-0.4, -0.2) is 78.9 Å². The number of carbonyl (C=O) groups excluding carboxylic acids is 1. The van der Waals surface area contributed by atoms with Gasteiger partial charge in [-0.2, -0.15) is 0 Å². The highest BCUT2D eigenvalue weighted by atomic mass is 16.3. The summed E-state index contributed by atoms with van der Waals surface area (Å²) in [6.07, 6.45) is -0.517. The highest BCUT2D eigenvalue weighted by Crippen LogP contribution is 2.13. The highest BCUT2D eigenvalue weighted by molar-refractivity contribution is 5.74. The molecule has 6 nitrogen and oxygen atoms in total. The van der Waals surface area contributed by atoms with Gasteiger partial charge in [0.2, 0.25) is 0 Å². The number of hydrazine groups is 1. The number of nitrogens with zero attached hydrogens (tertiary/aromatic N) is 3. The maximum Gasteiger partial charge on any atom is 0.334 e. The summed E-state index contributed by atoms with van der Waals surface area (Å²) in [4.78, 5) is 15.9. The van der Waals surface area contributed by atoms with Crippen molar-refractivity contribution in [2.24, 2.45) is 0 Å². The fraction of sp³-hybridized carbons (Fsp3) is 0.900. The van der Waals surface area contributed by atoms with Gasteiger partial charge in [0.25, 0.3) is 0 Å². The predicted molar refractivity (Wildman–Crippen MR) is 61.9 cm³/mol. The average molecular weight is 230 g/mol. The summed E-state index contributed by atoms with van der Waals surface area (Å²) in [6.45, 7) is 3.92. The molecule has 1 saturated heterocycles. The van der Waals surface area contributed by atoms with Crippen molar-refractivity contribution in [1.29, 1.82) is 0 Å². The second-order valence-corrected chi connectivity index (χ2v) is 4.33. The van der Waals surface area contributed by atoms with Crippen LogP contribution >= 0.6 is 0 Å². The minimum atomic E-state index is -0.517. The van der Waals surface area contributed by atoms with E-state index in [1.807, 2.05) is 7.05 Å². The molecule has 16 heavy (non-hydrogen) atoms. The highest BCUT2D eigenvalue weighted by Gasteiger charge is 2.33. The number of hydrogen-bond acceptors (Lipinski definition) is 4. The number of aliphatic hydroxyl groups excluding tert-OH is 1. The molecule has 0 aromatic rings. The van der Waals surface area contributed by atoms with Crippen LogP contribution in [0.4, 0.5) is 4.79 Å². The molecule has 0 saturated carbocycles. The molecular weight excluding hydrogens is 208 g/mol. The third-order valence-electron chi connectivity index (χ3n) is 3.05. The largest absolute Gasteiger partial charge is 0.391 e. The molecule has 0 radical (unpaired) electrons. The molecule has 1 fully saturated rings. The molecule has 1 aliphatic heterocycles. The van der Waals surface area contributed by atoms with Crippen LogP contribution in [0.3, 0.4) is 0 Å². The van der Waals surface area contributed by atoms with E-state index < -0.39 is 6.10 Å². The molecule has 6 heteroatoms. The number of rotatable bonds is 2. The van der Waals surface area contributed by atoms with Gasteiger partial charge < -0.3 is 14.9 Å². The predicted octanol–water partition coefficient (Wildman–Crippen LogP) is -0.831. The van der Waals surface area contributed by atoms with E-state index in [0.29, 0.717) is 13.1 Å². The van der Waals surface area contributed by atoms with Crippen molar-refractivity contribution >= 4 is 6.03 Å². The van der Waals surface area contributed by atoms with Crippen LogP contribution in [0.5, 0.6) is 0 Å². The molecule has 0 aliphatic carbocycles. The van der Waals surface area contributed by atoms with E-state index in [0.717, 1.165) is 6.54 Å². The summed E-state index contributed by atoms with van der Waals surface area (Å²) in [6, 6.07) is -0.233. The summed E-state index contributed by atoms with van der Waals surface area (Å²) < 4.78 is 0. The SMILES string of the molecule is CNN(C)C(=O)N1CCN(C)CC1C(C)O. The molecule has 1 heterocycles. The molecular formula is C10H22N4O2. The number of hydrogen-bond donors (Lipinski definition) is 2. The Labute approximate surface area is 96.8 Å². The van der Waals surface area contributed by atoms with Crippen molar-refractivity contribution < 1.29 is 9.90 Å².